The monoisotopic (exact) mass is 320 g/mol. The summed E-state index contributed by atoms with van der Waals surface area (Å²) in [6.45, 7) is 4.30. The molecule has 2 aromatic rings. The molecule has 2 aliphatic rings. The van der Waals surface area contributed by atoms with Gasteiger partial charge in [-0.1, -0.05) is 30.4 Å². The molecule has 0 bridgehead atoms. The predicted molar refractivity (Wildman–Crippen MR) is 95.4 cm³/mol. The molecule has 0 fully saturated rings. The van der Waals surface area contributed by atoms with Crippen molar-refractivity contribution in [2.75, 3.05) is 5.32 Å². The molecule has 4 heteroatoms. The normalized spacial score (nSPS) is 24.2. The summed E-state index contributed by atoms with van der Waals surface area (Å²) in [7, 11) is 0. The molecule has 2 aromatic carbocycles. The van der Waals surface area contributed by atoms with Crippen molar-refractivity contribution in [3.05, 3.63) is 80.9 Å². The van der Waals surface area contributed by atoms with Gasteiger partial charge >= 0.3 is 0 Å². The fourth-order valence-corrected chi connectivity index (χ4v) is 4.27. The number of nitro groups is 1. The number of aryl methyl sites for hydroxylation is 2. The molecule has 1 N–H and O–H groups in total. The zero-order valence-corrected chi connectivity index (χ0v) is 13.8. The van der Waals surface area contributed by atoms with Crippen LogP contribution in [0.4, 0.5) is 11.4 Å². The van der Waals surface area contributed by atoms with Gasteiger partial charge in [-0.2, -0.15) is 0 Å². The first-order valence-corrected chi connectivity index (χ1v) is 8.33. The summed E-state index contributed by atoms with van der Waals surface area (Å²) in [4.78, 5) is 10.5. The molecule has 122 valence electrons. The Morgan fingerprint density at radius 2 is 1.92 bits per heavy atom. The fraction of sp³-hybridized carbons (Fsp3) is 0.300. The van der Waals surface area contributed by atoms with Crippen LogP contribution in [0.5, 0.6) is 0 Å². The quantitative estimate of drug-likeness (QED) is 0.479. The minimum Gasteiger partial charge on any atom is -0.378 e. The summed E-state index contributed by atoms with van der Waals surface area (Å²) >= 11 is 0. The second-order valence-corrected chi connectivity index (χ2v) is 6.87. The highest BCUT2D eigenvalue weighted by Gasteiger charge is 2.38. The van der Waals surface area contributed by atoms with Gasteiger partial charge in [-0.05, 0) is 54.5 Å². The lowest BCUT2D eigenvalue weighted by Gasteiger charge is -2.38. The molecule has 4 nitrogen and oxygen atoms in total. The molecule has 0 amide bonds. The van der Waals surface area contributed by atoms with Crippen LogP contribution in [-0.2, 0) is 0 Å². The first kappa shape index (κ1) is 14.9. The van der Waals surface area contributed by atoms with Crippen LogP contribution in [0, 0.1) is 29.9 Å². The van der Waals surface area contributed by atoms with E-state index in [1.807, 2.05) is 12.1 Å². The molecule has 0 radical (unpaired) electrons. The third-order valence-corrected chi connectivity index (χ3v) is 5.28. The summed E-state index contributed by atoms with van der Waals surface area (Å²) < 4.78 is 0. The number of fused-ring (bicyclic) bond motifs is 3. The van der Waals surface area contributed by atoms with E-state index in [0.717, 1.165) is 12.0 Å². The van der Waals surface area contributed by atoms with Crippen LogP contribution < -0.4 is 5.32 Å². The van der Waals surface area contributed by atoms with E-state index in [1.54, 1.807) is 12.1 Å². The van der Waals surface area contributed by atoms with Crippen LogP contribution >= 0.6 is 0 Å². The first-order chi connectivity index (χ1) is 11.5. The second-order valence-electron chi connectivity index (χ2n) is 6.87. The Bertz CT molecular complexity index is 839. The minimum absolute atomic E-state index is 0.141. The van der Waals surface area contributed by atoms with Gasteiger partial charge in [-0.15, -0.1) is 0 Å². The number of hydrogen-bond acceptors (Lipinski definition) is 3. The SMILES string of the molecule is Cc1cc(C)c2c(c1)NC(c1ccc([N+](=O)[O-])cc1)C1CC=CC21. The number of allylic oxidation sites excluding steroid dienone is 2. The van der Waals surface area contributed by atoms with Crippen LogP contribution in [0.3, 0.4) is 0 Å². The number of anilines is 1. The molecule has 1 heterocycles. The molecular formula is C20H20N2O2. The molecule has 1 aliphatic heterocycles. The van der Waals surface area contributed by atoms with E-state index in [4.69, 9.17) is 0 Å². The number of benzene rings is 2. The lowest BCUT2D eigenvalue weighted by molar-refractivity contribution is -0.384. The minimum atomic E-state index is -0.347. The summed E-state index contributed by atoms with van der Waals surface area (Å²) in [5.74, 6) is 0.877. The number of hydrogen-bond donors (Lipinski definition) is 1. The molecule has 3 unspecified atom stereocenters. The molecule has 0 saturated heterocycles. The number of nitrogens with zero attached hydrogens (tertiary/aromatic N) is 1. The van der Waals surface area contributed by atoms with Crippen LogP contribution in [0.1, 0.15) is 40.6 Å². The van der Waals surface area contributed by atoms with Gasteiger partial charge in [-0.25, -0.2) is 0 Å². The highest BCUT2D eigenvalue weighted by Crippen LogP contribution is 2.51. The van der Waals surface area contributed by atoms with Gasteiger partial charge in [0.05, 0.1) is 11.0 Å². The average Bonchev–Trinajstić information content (AvgIpc) is 3.02. The summed E-state index contributed by atoms with van der Waals surface area (Å²) in [5, 5.41) is 14.6. The highest BCUT2D eigenvalue weighted by molar-refractivity contribution is 5.63. The second kappa shape index (κ2) is 5.48. The zero-order chi connectivity index (χ0) is 16.8. The van der Waals surface area contributed by atoms with Gasteiger partial charge < -0.3 is 5.32 Å². The van der Waals surface area contributed by atoms with Gasteiger partial charge in [0.2, 0.25) is 0 Å². The van der Waals surface area contributed by atoms with E-state index < -0.39 is 0 Å². The van der Waals surface area contributed by atoms with E-state index in [-0.39, 0.29) is 16.7 Å². The molecule has 1 aliphatic carbocycles. The van der Waals surface area contributed by atoms with E-state index in [0.29, 0.717) is 11.8 Å². The van der Waals surface area contributed by atoms with Crippen molar-refractivity contribution in [3.63, 3.8) is 0 Å². The summed E-state index contributed by atoms with van der Waals surface area (Å²) in [6.07, 6.45) is 5.63. The number of rotatable bonds is 2. The Morgan fingerprint density at radius 1 is 1.17 bits per heavy atom. The highest BCUT2D eigenvalue weighted by atomic mass is 16.6. The maximum absolute atomic E-state index is 10.9. The Morgan fingerprint density at radius 3 is 2.62 bits per heavy atom. The van der Waals surface area contributed by atoms with Gasteiger partial charge in [0.15, 0.2) is 0 Å². The van der Waals surface area contributed by atoms with Crippen molar-refractivity contribution in [3.8, 4) is 0 Å². The maximum Gasteiger partial charge on any atom is 0.269 e. The van der Waals surface area contributed by atoms with Crippen molar-refractivity contribution in [2.24, 2.45) is 5.92 Å². The smallest absolute Gasteiger partial charge is 0.269 e. The zero-order valence-electron chi connectivity index (χ0n) is 13.8. The number of nitrogens with one attached hydrogen (secondary N) is 1. The summed E-state index contributed by atoms with van der Waals surface area (Å²) in [6, 6.07) is 11.6. The Kier molecular flexibility index (Phi) is 3.41. The van der Waals surface area contributed by atoms with Crippen LogP contribution in [0.25, 0.3) is 0 Å². The van der Waals surface area contributed by atoms with E-state index in [2.05, 4.69) is 43.4 Å². The molecule has 24 heavy (non-hydrogen) atoms. The first-order valence-electron chi connectivity index (χ1n) is 8.33. The molecule has 0 spiro atoms. The molecule has 4 rings (SSSR count). The third kappa shape index (κ3) is 2.30. The Balaban J connectivity index is 1.76. The largest absolute Gasteiger partial charge is 0.378 e. The van der Waals surface area contributed by atoms with Crippen molar-refractivity contribution in [1.82, 2.24) is 0 Å². The Labute approximate surface area is 141 Å². The maximum atomic E-state index is 10.9. The molecule has 0 aromatic heterocycles. The van der Waals surface area contributed by atoms with Crippen molar-refractivity contribution in [1.29, 1.82) is 0 Å². The predicted octanol–water partition coefficient (Wildman–Crippen LogP) is 5.04. The fourth-order valence-electron chi connectivity index (χ4n) is 4.27. The Hall–Kier alpha value is -2.62. The van der Waals surface area contributed by atoms with Gasteiger partial charge in [0.25, 0.3) is 5.69 Å². The van der Waals surface area contributed by atoms with Crippen LogP contribution in [-0.4, -0.2) is 4.92 Å². The topological polar surface area (TPSA) is 55.2 Å². The van der Waals surface area contributed by atoms with Crippen molar-refractivity contribution < 1.29 is 4.92 Å². The van der Waals surface area contributed by atoms with Crippen LogP contribution in [0.15, 0.2) is 48.6 Å². The molecular weight excluding hydrogens is 300 g/mol. The van der Waals surface area contributed by atoms with Crippen molar-refractivity contribution in [2.45, 2.75) is 32.2 Å². The van der Waals surface area contributed by atoms with Gasteiger partial charge in [0, 0.05) is 23.7 Å². The van der Waals surface area contributed by atoms with Gasteiger partial charge in [0.1, 0.15) is 0 Å². The van der Waals surface area contributed by atoms with E-state index in [9.17, 15) is 10.1 Å². The lowest BCUT2D eigenvalue weighted by Crippen LogP contribution is -2.29. The lowest BCUT2D eigenvalue weighted by atomic mass is 9.75. The van der Waals surface area contributed by atoms with E-state index >= 15 is 0 Å². The number of nitro benzene ring substituents is 1. The number of non-ortho nitro benzene ring substituents is 1. The van der Waals surface area contributed by atoms with E-state index in [1.165, 1.54) is 22.4 Å². The standard InChI is InChI=1S/C20H20N2O2/c1-12-10-13(2)19-16-4-3-5-17(16)20(21-18(19)11-12)14-6-8-15(9-7-14)22(23)24/h3-4,6-11,16-17,20-21H,5H2,1-2H3. The molecule has 3 atom stereocenters. The van der Waals surface area contributed by atoms with Crippen molar-refractivity contribution >= 4 is 11.4 Å². The van der Waals surface area contributed by atoms with Crippen LogP contribution in [0.2, 0.25) is 0 Å². The third-order valence-electron chi connectivity index (χ3n) is 5.28. The molecule has 0 saturated carbocycles. The summed E-state index contributed by atoms with van der Waals surface area (Å²) in [5.41, 5.74) is 6.44. The average molecular weight is 320 g/mol. The van der Waals surface area contributed by atoms with Gasteiger partial charge in [-0.3, -0.25) is 10.1 Å².